The van der Waals surface area contributed by atoms with Gasteiger partial charge in [0.25, 0.3) is 0 Å². The Kier molecular flexibility index (Phi) is 3.80. The topological polar surface area (TPSA) is 36.3 Å². The number of hydrogen-bond acceptors (Lipinski definition) is 3. The van der Waals surface area contributed by atoms with Crippen molar-refractivity contribution in [3.63, 3.8) is 0 Å². The first-order valence-electron chi connectivity index (χ1n) is 7.59. The van der Waals surface area contributed by atoms with Crippen LogP contribution in [-0.4, -0.2) is 28.1 Å². The van der Waals surface area contributed by atoms with Crippen LogP contribution in [0.15, 0.2) is 36.5 Å². The maximum atomic E-state index is 13.3. The van der Waals surface area contributed by atoms with Gasteiger partial charge in [0.1, 0.15) is 0 Å². The molecule has 1 aromatic carbocycles. The maximum absolute atomic E-state index is 13.3. The van der Waals surface area contributed by atoms with E-state index in [-0.39, 0.29) is 5.69 Å². The van der Waals surface area contributed by atoms with Crippen LogP contribution in [0.2, 0.25) is 0 Å². The molecular weight excluding hydrogens is 320 g/mol. The molecule has 8 heteroatoms. The number of halogens is 3. The normalized spacial score (nSPS) is 19.7. The number of rotatable bonds is 2. The van der Waals surface area contributed by atoms with Crippen LogP contribution >= 0.6 is 0 Å². The number of nitrogens with zero attached hydrogens (tertiary/aromatic N) is 2. The Morgan fingerprint density at radius 2 is 1.58 bits per heavy atom. The first kappa shape index (κ1) is 17.0. The highest BCUT2D eigenvalue weighted by Gasteiger charge is 2.53. The quantitative estimate of drug-likeness (QED) is 0.789. The van der Waals surface area contributed by atoms with Gasteiger partial charge in [-0.2, -0.15) is 18.3 Å². The lowest BCUT2D eigenvalue weighted by Gasteiger charge is -2.32. The molecule has 0 bridgehead atoms. The highest BCUT2D eigenvalue weighted by Crippen LogP contribution is 2.37. The molecule has 1 aliphatic heterocycles. The molecule has 1 aliphatic rings. The Hall–Kier alpha value is -1.80. The molecular formula is C16H18BF3N2O2. The molecule has 3 rings (SSSR count). The van der Waals surface area contributed by atoms with Crippen molar-refractivity contribution in [3.8, 4) is 5.69 Å². The van der Waals surface area contributed by atoms with Crippen LogP contribution in [0.25, 0.3) is 5.69 Å². The zero-order chi connectivity index (χ0) is 17.8. The molecule has 0 N–H and O–H groups in total. The van der Waals surface area contributed by atoms with E-state index in [1.807, 2.05) is 27.7 Å². The Bertz CT molecular complexity index is 740. The van der Waals surface area contributed by atoms with Crippen LogP contribution in [-0.2, 0) is 15.5 Å². The lowest BCUT2D eigenvalue weighted by atomic mass is 9.84. The van der Waals surface area contributed by atoms with Gasteiger partial charge in [-0.05, 0) is 45.9 Å². The van der Waals surface area contributed by atoms with Crippen molar-refractivity contribution < 1.29 is 22.5 Å². The third-order valence-electron chi connectivity index (χ3n) is 4.60. The van der Waals surface area contributed by atoms with Gasteiger partial charge in [0.05, 0.1) is 28.0 Å². The van der Waals surface area contributed by atoms with E-state index in [1.54, 1.807) is 12.1 Å². The molecule has 0 spiro atoms. The molecule has 4 nitrogen and oxygen atoms in total. The predicted molar refractivity (Wildman–Crippen MR) is 84.3 cm³/mol. The van der Waals surface area contributed by atoms with Crippen molar-refractivity contribution in [1.29, 1.82) is 0 Å². The molecule has 1 aromatic heterocycles. The molecule has 0 aliphatic carbocycles. The Labute approximate surface area is 138 Å². The molecule has 24 heavy (non-hydrogen) atoms. The summed E-state index contributed by atoms with van der Waals surface area (Å²) in [6.45, 7) is 7.55. The zero-order valence-corrected chi connectivity index (χ0v) is 13.9. The molecule has 0 radical (unpaired) electrons. The van der Waals surface area contributed by atoms with Crippen LogP contribution in [0.1, 0.15) is 33.3 Å². The Balaban J connectivity index is 2.05. The zero-order valence-electron chi connectivity index (χ0n) is 13.9. The van der Waals surface area contributed by atoms with Gasteiger partial charge in [-0.15, -0.1) is 0 Å². The minimum atomic E-state index is -4.48. The van der Waals surface area contributed by atoms with Crippen LogP contribution < -0.4 is 5.59 Å². The summed E-state index contributed by atoms with van der Waals surface area (Å²) in [7, 11) is -0.793. The van der Waals surface area contributed by atoms with E-state index in [9.17, 15) is 13.2 Å². The summed E-state index contributed by atoms with van der Waals surface area (Å²) in [5.41, 5.74) is -1.57. The summed E-state index contributed by atoms with van der Waals surface area (Å²) in [5, 5.41) is 4.06. The highest BCUT2D eigenvalue weighted by molar-refractivity contribution is 6.61. The summed E-state index contributed by atoms with van der Waals surface area (Å²) in [4.78, 5) is 0. The monoisotopic (exact) mass is 338 g/mol. The number of para-hydroxylation sites is 1. The third-order valence-corrected chi connectivity index (χ3v) is 4.60. The SMILES string of the molecule is CC1(C)OB(c2ccnn2-c2ccccc2C(F)(F)F)OC1(C)C. The molecule has 1 fully saturated rings. The summed E-state index contributed by atoms with van der Waals surface area (Å²) in [5.74, 6) is 0. The van der Waals surface area contributed by atoms with Crippen molar-refractivity contribution in [3.05, 3.63) is 42.1 Å². The summed E-state index contributed by atoms with van der Waals surface area (Å²) < 4.78 is 53.0. The van der Waals surface area contributed by atoms with E-state index < -0.39 is 30.1 Å². The maximum Gasteiger partial charge on any atom is 0.514 e. The Morgan fingerprint density at radius 3 is 2.17 bits per heavy atom. The van der Waals surface area contributed by atoms with Crippen molar-refractivity contribution >= 4 is 12.7 Å². The lowest BCUT2D eigenvalue weighted by Crippen LogP contribution is -2.41. The van der Waals surface area contributed by atoms with Crippen LogP contribution in [0, 0.1) is 0 Å². The van der Waals surface area contributed by atoms with Gasteiger partial charge >= 0.3 is 13.3 Å². The lowest BCUT2D eigenvalue weighted by molar-refractivity contribution is -0.137. The fraction of sp³-hybridized carbons (Fsp3) is 0.438. The molecule has 0 saturated carbocycles. The van der Waals surface area contributed by atoms with Crippen molar-refractivity contribution in [2.45, 2.75) is 45.1 Å². The van der Waals surface area contributed by atoms with Gasteiger partial charge in [-0.25, -0.2) is 4.68 Å². The second-order valence-electron chi connectivity index (χ2n) is 6.77. The molecule has 2 heterocycles. The first-order chi connectivity index (χ1) is 11.0. The van der Waals surface area contributed by atoms with Gasteiger partial charge in [0.15, 0.2) is 0 Å². The minimum Gasteiger partial charge on any atom is -0.398 e. The van der Waals surface area contributed by atoms with Crippen LogP contribution in [0.5, 0.6) is 0 Å². The van der Waals surface area contributed by atoms with Crippen molar-refractivity contribution in [2.24, 2.45) is 0 Å². The highest BCUT2D eigenvalue weighted by atomic mass is 19.4. The molecule has 0 unspecified atom stereocenters. The second kappa shape index (κ2) is 5.36. The molecule has 2 aromatic rings. The van der Waals surface area contributed by atoms with Gasteiger partial charge in [-0.1, -0.05) is 12.1 Å². The third kappa shape index (κ3) is 2.73. The standard InChI is InChI=1S/C16H18BF3N2O2/c1-14(2)15(3,4)24-17(23-14)13-9-10-21-22(13)12-8-6-5-7-11(12)16(18,19)20/h5-10H,1-4H3. The average molecular weight is 338 g/mol. The first-order valence-corrected chi connectivity index (χ1v) is 7.59. The fourth-order valence-electron chi connectivity index (χ4n) is 2.56. The smallest absolute Gasteiger partial charge is 0.398 e. The van der Waals surface area contributed by atoms with Crippen LogP contribution in [0.4, 0.5) is 13.2 Å². The Morgan fingerprint density at radius 1 is 1.00 bits per heavy atom. The molecule has 0 amide bonds. The van der Waals surface area contributed by atoms with Crippen LogP contribution in [0.3, 0.4) is 0 Å². The summed E-state index contributed by atoms with van der Waals surface area (Å²) in [6.07, 6.45) is -3.04. The largest absolute Gasteiger partial charge is 0.514 e. The predicted octanol–water partition coefficient (Wildman–Crippen LogP) is 3.19. The second-order valence-corrected chi connectivity index (χ2v) is 6.77. The van der Waals surface area contributed by atoms with Gasteiger partial charge in [-0.3, -0.25) is 0 Å². The average Bonchev–Trinajstić information content (AvgIpc) is 3.01. The summed E-state index contributed by atoms with van der Waals surface area (Å²) >= 11 is 0. The molecule has 0 atom stereocenters. The number of hydrogen-bond donors (Lipinski definition) is 0. The van der Waals surface area contributed by atoms with Crippen molar-refractivity contribution in [2.75, 3.05) is 0 Å². The van der Waals surface area contributed by atoms with E-state index in [1.165, 1.54) is 23.0 Å². The molecule has 1 saturated heterocycles. The van der Waals surface area contributed by atoms with E-state index in [2.05, 4.69) is 5.10 Å². The van der Waals surface area contributed by atoms with E-state index in [0.29, 0.717) is 5.59 Å². The van der Waals surface area contributed by atoms with Gasteiger partial charge in [0.2, 0.25) is 0 Å². The number of aromatic nitrogens is 2. The van der Waals surface area contributed by atoms with E-state index in [0.717, 1.165) is 6.07 Å². The van der Waals surface area contributed by atoms with E-state index in [4.69, 9.17) is 9.31 Å². The minimum absolute atomic E-state index is 0.0558. The van der Waals surface area contributed by atoms with Gasteiger partial charge in [0, 0.05) is 6.20 Å². The van der Waals surface area contributed by atoms with E-state index >= 15 is 0 Å². The van der Waals surface area contributed by atoms with Gasteiger partial charge < -0.3 is 9.31 Å². The fourth-order valence-corrected chi connectivity index (χ4v) is 2.56. The number of alkyl halides is 3. The van der Waals surface area contributed by atoms with Crippen molar-refractivity contribution in [1.82, 2.24) is 9.78 Å². The molecule has 128 valence electrons. The summed E-state index contributed by atoms with van der Waals surface area (Å²) in [6, 6.07) is 6.91. The number of benzene rings is 1.